The number of pyridine rings is 1. The van der Waals surface area contributed by atoms with Gasteiger partial charge in [0.15, 0.2) is 11.8 Å². The summed E-state index contributed by atoms with van der Waals surface area (Å²) in [5.41, 5.74) is 4.89. The van der Waals surface area contributed by atoms with Crippen LogP contribution in [0.15, 0.2) is 64.2 Å². The van der Waals surface area contributed by atoms with Gasteiger partial charge in [-0.25, -0.2) is 9.67 Å². The van der Waals surface area contributed by atoms with E-state index < -0.39 is 0 Å². The minimum Gasteiger partial charge on any atom is -0.357 e. The van der Waals surface area contributed by atoms with Crippen LogP contribution in [0, 0.1) is 13.8 Å². The lowest BCUT2D eigenvalue weighted by atomic mass is 10.2. The maximum atomic E-state index is 5.32. The van der Waals surface area contributed by atoms with Gasteiger partial charge in [-0.1, -0.05) is 29.4 Å². The Hall–Kier alpha value is -3.28. The molecule has 0 bridgehead atoms. The molecule has 4 rings (SSSR count). The Morgan fingerprint density at radius 3 is 2.65 bits per heavy atom. The van der Waals surface area contributed by atoms with Gasteiger partial charge in [-0.3, -0.25) is 4.98 Å². The summed E-state index contributed by atoms with van der Waals surface area (Å²) in [7, 11) is 0. The number of rotatable bonds is 8. The van der Waals surface area contributed by atoms with Crippen LogP contribution >= 0.6 is 24.0 Å². The number of halogens is 1. The maximum absolute atomic E-state index is 5.32. The van der Waals surface area contributed by atoms with Crippen LogP contribution in [0.4, 0.5) is 0 Å². The van der Waals surface area contributed by atoms with Crippen molar-refractivity contribution in [2.45, 2.75) is 33.7 Å². The van der Waals surface area contributed by atoms with Crippen LogP contribution < -0.4 is 10.6 Å². The standard InChI is InChI=1S/C24H28N8O.HI/c1-4-25-24(27-14-12-22-29-23(33-31-22)20-10-7-8-13-26-20)28-16-19-9-5-6-11-21(19)32-18(3)15-17(2)30-32;/h5-11,13,15H,4,12,14,16H2,1-3H3,(H2,25,27,28);1H. The zero-order valence-corrected chi connectivity index (χ0v) is 21.9. The van der Waals surface area contributed by atoms with Gasteiger partial charge in [-0.2, -0.15) is 10.1 Å². The van der Waals surface area contributed by atoms with Gasteiger partial charge in [0.25, 0.3) is 5.89 Å². The third-order valence-electron chi connectivity index (χ3n) is 4.97. The minimum absolute atomic E-state index is 0. The molecule has 0 aliphatic rings. The van der Waals surface area contributed by atoms with E-state index in [1.807, 2.05) is 48.9 Å². The Morgan fingerprint density at radius 2 is 1.91 bits per heavy atom. The summed E-state index contributed by atoms with van der Waals surface area (Å²) in [6.07, 6.45) is 2.30. The van der Waals surface area contributed by atoms with E-state index in [4.69, 9.17) is 9.52 Å². The maximum Gasteiger partial charge on any atom is 0.276 e. The van der Waals surface area contributed by atoms with Gasteiger partial charge in [-0.15, -0.1) is 24.0 Å². The first-order valence-corrected chi connectivity index (χ1v) is 11.0. The van der Waals surface area contributed by atoms with Crippen molar-refractivity contribution in [3.05, 3.63) is 77.5 Å². The number of nitrogens with one attached hydrogen (secondary N) is 2. The van der Waals surface area contributed by atoms with Crippen molar-refractivity contribution < 1.29 is 4.52 Å². The van der Waals surface area contributed by atoms with E-state index in [1.54, 1.807) is 6.20 Å². The van der Waals surface area contributed by atoms with Crippen LogP contribution in [0.5, 0.6) is 0 Å². The molecule has 0 amide bonds. The molecule has 1 aromatic carbocycles. The second-order valence-electron chi connectivity index (χ2n) is 7.57. The molecular formula is C24H29IN8O. The fraction of sp³-hybridized carbons (Fsp3) is 0.292. The highest BCUT2D eigenvalue weighted by molar-refractivity contribution is 14.0. The number of para-hydroxylation sites is 1. The topological polar surface area (TPSA) is 106 Å². The van der Waals surface area contributed by atoms with Gasteiger partial charge < -0.3 is 15.2 Å². The van der Waals surface area contributed by atoms with E-state index >= 15 is 0 Å². The molecule has 3 aromatic heterocycles. The SMILES string of the molecule is CCNC(=NCc1ccccc1-n1nc(C)cc1C)NCCc1noc(-c2ccccn2)n1.I. The third-order valence-corrected chi connectivity index (χ3v) is 4.97. The second kappa shape index (κ2) is 12.3. The molecule has 0 aliphatic carbocycles. The smallest absolute Gasteiger partial charge is 0.276 e. The predicted molar refractivity (Wildman–Crippen MR) is 143 cm³/mol. The molecule has 0 aliphatic heterocycles. The number of benzene rings is 1. The van der Waals surface area contributed by atoms with Crippen molar-refractivity contribution in [2.75, 3.05) is 13.1 Å². The van der Waals surface area contributed by atoms with Crippen molar-refractivity contribution in [1.82, 2.24) is 35.5 Å². The Balaban J connectivity index is 0.00000324. The molecule has 4 aromatic rings. The Bertz CT molecular complexity index is 1220. The summed E-state index contributed by atoms with van der Waals surface area (Å²) >= 11 is 0. The minimum atomic E-state index is 0. The molecule has 9 nitrogen and oxygen atoms in total. The first-order chi connectivity index (χ1) is 16.1. The van der Waals surface area contributed by atoms with Crippen LogP contribution in [0.25, 0.3) is 17.3 Å². The van der Waals surface area contributed by atoms with Crippen LogP contribution in [0.1, 0.15) is 29.7 Å². The Kier molecular flexibility index (Phi) is 9.14. The number of hydrogen-bond acceptors (Lipinski definition) is 6. The van der Waals surface area contributed by atoms with E-state index in [2.05, 4.69) is 56.0 Å². The lowest BCUT2D eigenvalue weighted by molar-refractivity contribution is 0.421. The quantitative estimate of drug-likeness (QED) is 0.188. The van der Waals surface area contributed by atoms with Crippen LogP contribution in [0.3, 0.4) is 0 Å². The molecule has 0 saturated carbocycles. The molecule has 178 valence electrons. The van der Waals surface area contributed by atoms with E-state index in [0.29, 0.717) is 36.9 Å². The second-order valence-corrected chi connectivity index (χ2v) is 7.57. The Morgan fingerprint density at radius 1 is 1.09 bits per heavy atom. The molecule has 0 radical (unpaired) electrons. The van der Waals surface area contributed by atoms with Crippen LogP contribution in [-0.2, 0) is 13.0 Å². The molecule has 0 spiro atoms. The highest BCUT2D eigenvalue weighted by Gasteiger charge is 2.11. The van der Waals surface area contributed by atoms with Crippen molar-refractivity contribution in [3.8, 4) is 17.3 Å². The van der Waals surface area contributed by atoms with Crippen molar-refractivity contribution >= 4 is 29.9 Å². The van der Waals surface area contributed by atoms with Crippen molar-refractivity contribution in [3.63, 3.8) is 0 Å². The van der Waals surface area contributed by atoms with Gasteiger partial charge in [0.05, 0.1) is 17.9 Å². The summed E-state index contributed by atoms with van der Waals surface area (Å²) in [5, 5.41) is 15.3. The summed E-state index contributed by atoms with van der Waals surface area (Å²) in [6.45, 7) is 8.00. The van der Waals surface area contributed by atoms with Gasteiger partial charge in [0.2, 0.25) is 0 Å². The molecule has 0 atom stereocenters. The number of aryl methyl sites for hydroxylation is 2. The van der Waals surface area contributed by atoms with E-state index in [-0.39, 0.29) is 24.0 Å². The van der Waals surface area contributed by atoms with E-state index in [9.17, 15) is 0 Å². The molecule has 0 fully saturated rings. The molecule has 2 N–H and O–H groups in total. The van der Waals surface area contributed by atoms with Crippen molar-refractivity contribution in [2.24, 2.45) is 4.99 Å². The highest BCUT2D eigenvalue weighted by atomic mass is 127. The predicted octanol–water partition coefficient (Wildman–Crippen LogP) is 3.85. The van der Waals surface area contributed by atoms with Crippen LogP contribution in [0.2, 0.25) is 0 Å². The average molecular weight is 572 g/mol. The molecule has 34 heavy (non-hydrogen) atoms. The highest BCUT2D eigenvalue weighted by Crippen LogP contribution is 2.18. The van der Waals surface area contributed by atoms with E-state index in [1.165, 1.54) is 0 Å². The third kappa shape index (κ3) is 6.40. The molecule has 3 heterocycles. The molecular weight excluding hydrogens is 543 g/mol. The number of aliphatic imine (C=N–C) groups is 1. The Labute approximate surface area is 216 Å². The summed E-state index contributed by atoms with van der Waals surface area (Å²) in [6, 6.07) is 15.8. The van der Waals surface area contributed by atoms with Gasteiger partial charge in [0, 0.05) is 31.4 Å². The number of nitrogens with zero attached hydrogens (tertiary/aromatic N) is 6. The monoisotopic (exact) mass is 572 g/mol. The summed E-state index contributed by atoms with van der Waals surface area (Å²) < 4.78 is 7.29. The fourth-order valence-corrected chi connectivity index (χ4v) is 3.47. The zero-order valence-electron chi connectivity index (χ0n) is 19.5. The number of hydrogen-bond donors (Lipinski definition) is 2. The van der Waals surface area contributed by atoms with Crippen molar-refractivity contribution in [1.29, 1.82) is 0 Å². The normalized spacial score (nSPS) is 11.2. The molecule has 10 heteroatoms. The molecule has 0 unspecified atom stereocenters. The first kappa shape index (κ1) is 25.3. The summed E-state index contributed by atoms with van der Waals surface area (Å²) in [5.74, 6) is 1.77. The van der Waals surface area contributed by atoms with Gasteiger partial charge >= 0.3 is 0 Å². The number of aromatic nitrogens is 5. The van der Waals surface area contributed by atoms with Gasteiger partial charge in [-0.05, 0) is 50.6 Å². The fourth-order valence-electron chi connectivity index (χ4n) is 3.47. The summed E-state index contributed by atoms with van der Waals surface area (Å²) in [4.78, 5) is 13.4. The lowest BCUT2D eigenvalue weighted by Gasteiger charge is -2.12. The molecule has 0 saturated heterocycles. The van der Waals surface area contributed by atoms with Crippen LogP contribution in [-0.4, -0.2) is 44.0 Å². The largest absolute Gasteiger partial charge is 0.357 e. The average Bonchev–Trinajstić information content (AvgIpc) is 3.44. The van der Waals surface area contributed by atoms with E-state index in [0.717, 1.165) is 35.1 Å². The zero-order chi connectivity index (χ0) is 23.0. The van der Waals surface area contributed by atoms with Gasteiger partial charge in [0.1, 0.15) is 5.69 Å². The lowest BCUT2D eigenvalue weighted by Crippen LogP contribution is -2.38. The first-order valence-electron chi connectivity index (χ1n) is 11.0. The number of guanidine groups is 1.